The van der Waals surface area contributed by atoms with Gasteiger partial charge in [-0.25, -0.2) is 14.5 Å². The number of carbonyl (C=O) groups is 1. The fourth-order valence-corrected chi connectivity index (χ4v) is 3.34. The van der Waals surface area contributed by atoms with Crippen LogP contribution in [0, 0.1) is 6.92 Å². The highest BCUT2D eigenvalue weighted by atomic mass is 16.2. The molecule has 8 heteroatoms. The van der Waals surface area contributed by atoms with Gasteiger partial charge in [-0.2, -0.15) is 5.10 Å². The first kappa shape index (κ1) is 17.3. The van der Waals surface area contributed by atoms with Crippen molar-refractivity contribution in [2.45, 2.75) is 13.3 Å². The Kier molecular flexibility index (Phi) is 4.16. The molecule has 4 aromatic rings. The average Bonchev–Trinajstić information content (AvgIpc) is 3.11. The van der Waals surface area contributed by atoms with E-state index < -0.39 is 0 Å². The van der Waals surface area contributed by atoms with Crippen molar-refractivity contribution in [2.75, 3.05) is 23.3 Å². The standard InChI is InChI=1S/C21H19N7O/c1-14-16(4-2-8-22-14)17-5-6-19-24-13-18(28(19)26-17)21(29)25-15-7-9-23-20(12-15)27-10-3-11-27/h2,4-9,12-13H,3,10-11H2,1H3,(H,23,25,29). The number of imidazole rings is 1. The van der Waals surface area contributed by atoms with Gasteiger partial charge < -0.3 is 10.2 Å². The number of aromatic nitrogens is 5. The number of carbonyl (C=O) groups excluding carboxylic acids is 1. The van der Waals surface area contributed by atoms with Crippen molar-refractivity contribution in [3.05, 3.63) is 66.4 Å². The minimum Gasteiger partial charge on any atom is -0.356 e. The third kappa shape index (κ3) is 3.18. The quantitative estimate of drug-likeness (QED) is 0.581. The number of aryl methyl sites for hydroxylation is 1. The van der Waals surface area contributed by atoms with Crippen molar-refractivity contribution in [2.24, 2.45) is 0 Å². The Labute approximate surface area is 167 Å². The van der Waals surface area contributed by atoms with E-state index in [4.69, 9.17) is 0 Å². The van der Waals surface area contributed by atoms with Crippen molar-refractivity contribution >= 4 is 23.1 Å². The molecule has 1 amide bonds. The van der Waals surface area contributed by atoms with Gasteiger partial charge in [-0.3, -0.25) is 9.78 Å². The number of pyridine rings is 2. The highest BCUT2D eigenvalue weighted by molar-refractivity contribution is 6.03. The molecule has 1 saturated heterocycles. The monoisotopic (exact) mass is 385 g/mol. The number of nitrogens with one attached hydrogen (secondary N) is 1. The Hall–Kier alpha value is -3.81. The van der Waals surface area contributed by atoms with Gasteiger partial charge in [0.15, 0.2) is 11.3 Å². The molecule has 1 aliphatic heterocycles. The Bertz CT molecular complexity index is 1210. The summed E-state index contributed by atoms with van der Waals surface area (Å²) in [6.45, 7) is 3.93. The van der Waals surface area contributed by atoms with E-state index in [1.165, 1.54) is 12.6 Å². The summed E-state index contributed by atoms with van der Waals surface area (Å²) in [6, 6.07) is 11.2. The Morgan fingerprint density at radius 2 is 1.97 bits per heavy atom. The molecule has 0 aliphatic carbocycles. The summed E-state index contributed by atoms with van der Waals surface area (Å²) in [5.74, 6) is 0.602. The summed E-state index contributed by atoms with van der Waals surface area (Å²) in [6.07, 6.45) is 6.16. The summed E-state index contributed by atoms with van der Waals surface area (Å²) < 4.78 is 1.56. The number of hydrogen-bond donors (Lipinski definition) is 1. The van der Waals surface area contributed by atoms with Crippen molar-refractivity contribution in [3.8, 4) is 11.3 Å². The van der Waals surface area contributed by atoms with Crippen LogP contribution in [-0.4, -0.2) is 43.6 Å². The van der Waals surface area contributed by atoms with Gasteiger partial charge in [0, 0.05) is 48.5 Å². The lowest BCUT2D eigenvalue weighted by Gasteiger charge is -2.32. The maximum absolute atomic E-state index is 12.9. The summed E-state index contributed by atoms with van der Waals surface area (Å²) in [7, 11) is 0. The Balaban J connectivity index is 1.46. The maximum Gasteiger partial charge on any atom is 0.276 e. The molecule has 1 fully saturated rings. The Morgan fingerprint density at radius 3 is 2.76 bits per heavy atom. The molecule has 29 heavy (non-hydrogen) atoms. The van der Waals surface area contributed by atoms with Crippen molar-refractivity contribution in [1.29, 1.82) is 0 Å². The van der Waals surface area contributed by atoms with E-state index in [0.29, 0.717) is 17.0 Å². The van der Waals surface area contributed by atoms with Crippen molar-refractivity contribution in [1.82, 2.24) is 24.6 Å². The fraction of sp³-hybridized carbons (Fsp3) is 0.190. The van der Waals surface area contributed by atoms with E-state index in [9.17, 15) is 4.79 Å². The van der Waals surface area contributed by atoms with Gasteiger partial charge in [0.05, 0.1) is 11.9 Å². The number of rotatable bonds is 4. The molecule has 0 radical (unpaired) electrons. The zero-order chi connectivity index (χ0) is 19.8. The average molecular weight is 385 g/mol. The summed E-state index contributed by atoms with van der Waals surface area (Å²) in [4.78, 5) is 28.1. The molecule has 0 bridgehead atoms. The van der Waals surface area contributed by atoms with Crippen molar-refractivity contribution in [3.63, 3.8) is 0 Å². The molecule has 0 atom stereocenters. The molecule has 5 heterocycles. The van der Waals surface area contributed by atoms with Crippen LogP contribution in [0.4, 0.5) is 11.5 Å². The first-order valence-electron chi connectivity index (χ1n) is 9.48. The van der Waals surface area contributed by atoms with E-state index >= 15 is 0 Å². The highest BCUT2D eigenvalue weighted by Crippen LogP contribution is 2.22. The molecule has 4 aromatic heterocycles. The number of amides is 1. The lowest BCUT2D eigenvalue weighted by Crippen LogP contribution is -2.37. The van der Waals surface area contributed by atoms with E-state index in [2.05, 4.69) is 30.3 Å². The van der Waals surface area contributed by atoms with Crippen LogP contribution < -0.4 is 10.2 Å². The van der Waals surface area contributed by atoms with Gasteiger partial charge in [0.1, 0.15) is 5.82 Å². The summed E-state index contributed by atoms with van der Waals surface area (Å²) in [5, 5.41) is 7.56. The summed E-state index contributed by atoms with van der Waals surface area (Å²) >= 11 is 0. The van der Waals surface area contributed by atoms with Gasteiger partial charge in [0.2, 0.25) is 0 Å². The number of fused-ring (bicyclic) bond motifs is 1. The molecule has 144 valence electrons. The number of anilines is 2. The predicted molar refractivity (Wildman–Crippen MR) is 110 cm³/mol. The van der Waals surface area contributed by atoms with Gasteiger partial charge in [-0.15, -0.1) is 0 Å². The third-order valence-corrected chi connectivity index (χ3v) is 5.06. The minimum absolute atomic E-state index is 0.272. The van der Waals surface area contributed by atoms with E-state index in [-0.39, 0.29) is 5.91 Å². The molecule has 0 spiro atoms. The van der Waals surface area contributed by atoms with Gasteiger partial charge in [-0.1, -0.05) is 0 Å². The van der Waals surface area contributed by atoms with Crippen LogP contribution in [0.15, 0.2) is 55.0 Å². The second-order valence-corrected chi connectivity index (χ2v) is 6.97. The minimum atomic E-state index is -0.272. The van der Waals surface area contributed by atoms with Crippen LogP contribution in [0.5, 0.6) is 0 Å². The first-order valence-corrected chi connectivity index (χ1v) is 9.48. The lowest BCUT2D eigenvalue weighted by molar-refractivity contribution is 0.102. The SMILES string of the molecule is Cc1ncccc1-c1ccc2ncc(C(=O)Nc3ccnc(N4CCC4)c3)n2n1. The molecule has 0 aromatic carbocycles. The van der Waals surface area contributed by atoms with Gasteiger partial charge >= 0.3 is 0 Å². The van der Waals surface area contributed by atoms with Crippen molar-refractivity contribution < 1.29 is 4.79 Å². The Morgan fingerprint density at radius 1 is 1.07 bits per heavy atom. The second-order valence-electron chi connectivity index (χ2n) is 6.97. The smallest absolute Gasteiger partial charge is 0.276 e. The maximum atomic E-state index is 12.9. The van der Waals surface area contributed by atoms with E-state index in [0.717, 1.165) is 35.9 Å². The molecular weight excluding hydrogens is 366 g/mol. The molecule has 8 nitrogen and oxygen atoms in total. The molecular formula is C21H19N7O. The van der Waals surface area contributed by atoms with Crippen LogP contribution in [0.2, 0.25) is 0 Å². The number of hydrogen-bond acceptors (Lipinski definition) is 6. The third-order valence-electron chi connectivity index (χ3n) is 5.06. The lowest BCUT2D eigenvalue weighted by atomic mass is 10.1. The first-order chi connectivity index (χ1) is 14.2. The van der Waals surface area contributed by atoms with Crippen LogP contribution in [0.25, 0.3) is 16.9 Å². The molecule has 1 N–H and O–H groups in total. The second kappa shape index (κ2) is 6.97. The molecule has 5 rings (SSSR count). The highest BCUT2D eigenvalue weighted by Gasteiger charge is 2.18. The van der Waals surface area contributed by atoms with Gasteiger partial charge in [-0.05, 0) is 43.7 Å². The summed E-state index contributed by atoms with van der Waals surface area (Å²) in [5.41, 5.74) is 4.20. The molecule has 0 saturated carbocycles. The van der Waals surface area contributed by atoms with Crippen LogP contribution >= 0.6 is 0 Å². The zero-order valence-corrected chi connectivity index (χ0v) is 15.9. The number of nitrogens with zero attached hydrogens (tertiary/aromatic N) is 6. The van der Waals surface area contributed by atoms with Crippen LogP contribution in [0.3, 0.4) is 0 Å². The van der Waals surface area contributed by atoms with E-state index in [1.54, 1.807) is 23.0 Å². The molecule has 1 aliphatic rings. The van der Waals surface area contributed by atoms with Crippen LogP contribution in [-0.2, 0) is 0 Å². The topological polar surface area (TPSA) is 88.3 Å². The normalized spacial score (nSPS) is 13.3. The van der Waals surface area contributed by atoms with Crippen LogP contribution in [0.1, 0.15) is 22.6 Å². The largest absolute Gasteiger partial charge is 0.356 e. The fourth-order valence-electron chi connectivity index (χ4n) is 3.34. The van der Waals surface area contributed by atoms with E-state index in [1.807, 2.05) is 37.3 Å². The zero-order valence-electron chi connectivity index (χ0n) is 15.9. The molecule has 0 unspecified atom stereocenters. The van der Waals surface area contributed by atoms with Gasteiger partial charge in [0.25, 0.3) is 5.91 Å². The predicted octanol–water partition coefficient (Wildman–Crippen LogP) is 2.96.